The Hall–Kier alpha value is -2.57. The SMILES string of the molecule is Cc1cc(OCc2ccc(C(=O)NNC(=O)CCC3CCCO3)cc2)ccc1Cl. The summed E-state index contributed by atoms with van der Waals surface area (Å²) in [6, 6.07) is 12.5. The van der Waals surface area contributed by atoms with Gasteiger partial charge in [0.05, 0.1) is 6.10 Å². The minimum absolute atomic E-state index is 0.156. The summed E-state index contributed by atoms with van der Waals surface area (Å²) in [5.74, 6) is 0.146. The number of halogens is 1. The molecule has 154 valence electrons. The van der Waals surface area contributed by atoms with Gasteiger partial charge in [-0.25, -0.2) is 0 Å². The van der Waals surface area contributed by atoms with Gasteiger partial charge in [-0.05, 0) is 67.6 Å². The Morgan fingerprint density at radius 3 is 2.66 bits per heavy atom. The van der Waals surface area contributed by atoms with Crippen LogP contribution in [0.3, 0.4) is 0 Å². The fraction of sp³-hybridized carbons (Fsp3) is 0.364. The number of rotatable bonds is 7. The van der Waals surface area contributed by atoms with E-state index in [0.717, 1.165) is 36.3 Å². The van der Waals surface area contributed by atoms with Crippen LogP contribution >= 0.6 is 11.6 Å². The first kappa shape index (κ1) is 21.1. The van der Waals surface area contributed by atoms with Gasteiger partial charge in [0.15, 0.2) is 0 Å². The smallest absolute Gasteiger partial charge is 0.269 e. The molecule has 2 aromatic carbocycles. The van der Waals surface area contributed by atoms with Crippen molar-refractivity contribution in [2.24, 2.45) is 0 Å². The van der Waals surface area contributed by atoms with Crippen LogP contribution in [-0.2, 0) is 16.1 Å². The molecule has 2 aromatic rings. The van der Waals surface area contributed by atoms with E-state index < -0.39 is 0 Å². The lowest BCUT2D eigenvalue weighted by molar-refractivity contribution is -0.122. The van der Waals surface area contributed by atoms with Crippen molar-refractivity contribution in [3.8, 4) is 5.75 Å². The van der Waals surface area contributed by atoms with Crippen molar-refractivity contribution in [2.75, 3.05) is 6.61 Å². The summed E-state index contributed by atoms with van der Waals surface area (Å²) < 4.78 is 11.2. The molecule has 1 heterocycles. The fourth-order valence-corrected chi connectivity index (χ4v) is 3.17. The molecule has 2 N–H and O–H groups in total. The second-order valence-electron chi connectivity index (χ2n) is 7.07. The summed E-state index contributed by atoms with van der Waals surface area (Å²) in [4.78, 5) is 24.0. The number of benzene rings is 2. The van der Waals surface area contributed by atoms with Crippen molar-refractivity contribution in [3.05, 3.63) is 64.2 Å². The van der Waals surface area contributed by atoms with E-state index in [0.29, 0.717) is 30.0 Å². The molecule has 3 rings (SSSR count). The third kappa shape index (κ3) is 6.48. The molecule has 6 nitrogen and oxygen atoms in total. The Morgan fingerprint density at radius 1 is 1.17 bits per heavy atom. The van der Waals surface area contributed by atoms with E-state index in [2.05, 4.69) is 10.9 Å². The summed E-state index contributed by atoms with van der Waals surface area (Å²) in [5.41, 5.74) is 7.22. The zero-order chi connectivity index (χ0) is 20.6. The minimum Gasteiger partial charge on any atom is -0.489 e. The van der Waals surface area contributed by atoms with E-state index in [1.807, 2.05) is 31.2 Å². The van der Waals surface area contributed by atoms with E-state index in [-0.39, 0.29) is 17.9 Å². The van der Waals surface area contributed by atoms with Crippen molar-refractivity contribution in [1.29, 1.82) is 0 Å². The first-order chi connectivity index (χ1) is 14.0. The molecule has 0 aliphatic carbocycles. The lowest BCUT2D eigenvalue weighted by atomic mass is 10.1. The third-order valence-electron chi connectivity index (χ3n) is 4.78. The number of nitrogens with one attached hydrogen (secondary N) is 2. The van der Waals surface area contributed by atoms with Gasteiger partial charge >= 0.3 is 0 Å². The fourth-order valence-electron chi connectivity index (χ4n) is 3.05. The highest BCUT2D eigenvalue weighted by atomic mass is 35.5. The second-order valence-corrected chi connectivity index (χ2v) is 7.48. The molecule has 1 aliphatic heterocycles. The van der Waals surface area contributed by atoms with Crippen molar-refractivity contribution < 1.29 is 19.1 Å². The number of ether oxygens (including phenoxy) is 2. The molecule has 1 saturated heterocycles. The zero-order valence-electron chi connectivity index (χ0n) is 16.4. The maximum Gasteiger partial charge on any atom is 0.269 e. The van der Waals surface area contributed by atoms with Gasteiger partial charge in [-0.2, -0.15) is 0 Å². The Kier molecular flexibility index (Phi) is 7.49. The molecule has 7 heteroatoms. The van der Waals surface area contributed by atoms with Crippen LogP contribution < -0.4 is 15.6 Å². The average molecular weight is 417 g/mol. The molecule has 2 amide bonds. The van der Waals surface area contributed by atoms with Gasteiger partial charge in [-0.1, -0.05) is 23.7 Å². The topological polar surface area (TPSA) is 76.7 Å². The monoisotopic (exact) mass is 416 g/mol. The van der Waals surface area contributed by atoms with Crippen LogP contribution in [0.15, 0.2) is 42.5 Å². The normalized spacial score (nSPS) is 15.7. The number of carbonyl (C=O) groups excluding carboxylic acids is 2. The van der Waals surface area contributed by atoms with Gasteiger partial charge in [-0.3, -0.25) is 20.4 Å². The van der Waals surface area contributed by atoms with Gasteiger partial charge < -0.3 is 9.47 Å². The molecule has 1 fully saturated rings. The molecule has 29 heavy (non-hydrogen) atoms. The van der Waals surface area contributed by atoms with Crippen molar-refractivity contribution in [1.82, 2.24) is 10.9 Å². The number of hydrogen-bond donors (Lipinski definition) is 2. The molecule has 0 aromatic heterocycles. The molecule has 0 radical (unpaired) electrons. The molecule has 1 atom stereocenters. The summed E-state index contributed by atoms with van der Waals surface area (Å²) >= 11 is 6.01. The maximum atomic E-state index is 12.2. The number of amides is 2. The highest BCUT2D eigenvalue weighted by Crippen LogP contribution is 2.22. The first-order valence-electron chi connectivity index (χ1n) is 9.70. The van der Waals surface area contributed by atoms with Gasteiger partial charge in [0.2, 0.25) is 5.91 Å². The van der Waals surface area contributed by atoms with Gasteiger partial charge in [0.1, 0.15) is 12.4 Å². The van der Waals surface area contributed by atoms with Crippen molar-refractivity contribution >= 4 is 23.4 Å². The van der Waals surface area contributed by atoms with Crippen LogP contribution in [0, 0.1) is 6.92 Å². The summed E-state index contributed by atoms with van der Waals surface area (Å²) in [5, 5.41) is 0.701. The van der Waals surface area contributed by atoms with Crippen LogP contribution in [0.5, 0.6) is 5.75 Å². The Balaban J connectivity index is 1.41. The van der Waals surface area contributed by atoms with E-state index >= 15 is 0 Å². The predicted octanol–water partition coefficient (Wildman–Crippen LogP) is 3.95. The van der Waals surface area contributed by atoms with E-state index in [4.69, 9.17) is 21.1 Å². The Labute approximate surface area is 175 Å². The average Bonchev–Trinajstić information content (AvgIpc) is 3.25. The Bertz CT molecular complexity index is 848. The molecular weight excluding hydrogens is 392 g/mol. The highest BCUT2D eigenvalue weighted by molar-refractivity contribution is 6.31. The maximum absolute atomic E-state index is 12.2. The number of aryl methyl sites for hydroxylation is 1. The standard InChI is InChI=1S/C22H25ClN2O4/c1-15-13-19(8-10-20(15)23)29-14-16-4-6-17(7-5-16)22(27)25-24-21(26)11-9-18-3-2-12-28-18/h4-8,10,13,18H,2-3,9,11-12,14H2,1H3,(H,24,26)(H,25,27). The van der Waals surface area contributed by atoms with Crippen LogP contribution in [0.2, 0.25) is 5.02 Å². The largest absolute Gasteiger partial charge is 0.489 e. The molecule has 0 bridgehead atoms. The molecular formula is C22H25ClN2O4. The van der Waals surface area contributed by atoms with Crippen molar-refractivity contribution in [2.45, 2.75) is 45.3 Å². The van der Waals surface area contributed by atoms with Crippen LogP contribution in [0.4, 0.5) is 0 Å². The van der Waals surface area contributed by atoms with Crippen LogP contribution in [0.25, 0.3) is 0 Å². The van der Waals surface area contributed by atoms with Gasteiger partial charge in [0.25, 0.3) is 5.91 Å². The molecule has 0 spiro atoms. The van der Waals surface area contributed by atoms with E-state index in [1.54, 1.807) is 18.2 Å². The summed E-state index contributed by atoms with van der Waals surface area (Å²) in [6.45, 7) is 3.07. The lowest BCUT2D eigenvalue weighted by Gasteiger charge is -2.11. The number of hydrogen-bond acceptors (Lipinski definition) is 4. The van der Waals surface area contributed by atoms with Gasteiger partial charge in [0, 0.05) is 23.6 Å². The van der Waals surface area contributed by atoms with Crippen molar-refractivity contribution in [3.63, 3.8) is 0 Å². The molecule has 0 saturated carbocycles. The quantitative estimate of drug-likeness (QED) is 0.670. The van der Waals surface area contributed by atoms with Crippen LogP contribution in [0.1, 0.15) is 47.2 Å². The van der Waals surface area contributed by atoms with Crippen LogP contribution in [-0.4, -0.2) is 24.5 Å². The summed E-state index contributed by atoms with van der Waals surface area (Å²) in [7, 11) is 0. The predicted molar refractivity (Wildman–Crippen MR) is 111 cm³/mol. The first-order valence-corrected chi connectivity index (χ1v) is 10.1. The molecule has 1 aliphatic rings. The van der Waals surface area contributed by atoms with E-state index in [9.17, 15) is 9.59 Å². The lowest BCUT2D eigenvalue weighted by Crippen LogP contribution is -2.41. The van der Waals surface area contributed by atoms with Gasteiger partial charge in [-0.15, -0.1) is 0 Å². The Morgan fingerprint density at radius 2 is 1.97 bits per heavy atom. The third-order valence-corrected chi connectivity index (χ3v) is 5.21. The number of hydrazine groups is 1. The van der Waals surface area contributed by atoms with E-state index in [1.165, 1.54) is 0 Å². The number of carbonyl (C=O) groups is 2. The zero-order valence-corrected chi connectivity index (χ0v) is 17.1. The second kappa shape index (κ2) is 10.3. The highest BCUT2D eigenvalue weighted by Gasteiger charge is 2.17. The summed E-state index contributed by atoms with van der Waals surface area (Å²) in [6.07, 6.45) is 3.19. The minimum atomic E-state index is -0.365. The molecule has 1 unspecified atom stereocenters.